The summed E-state index contributed by atoms with van der Waals surface area (Å²) in [6, 6.07) is 6.81. The summed E-state index contributed by atoms with van der Waals surface area (Å²) >= 11 is 0. The van der Waals surface area contributed by atoms with Gasteiger partial charge in [-0.05, 0) is 73.0 Å². The Morgan fingerprint density at radius 2 is 1.47 bits per heavy atom. The third-order valence-electron chi connectivity index (χ3n) is 7.44. The van der Waals surface area contributed by atoms with E-state index >= 15 is 0 Å². The fourth-order valence-corrected chi connectivity index (χ4v) is 5.04. The Kier molecular flexibility index (Phi) is 10.8. The summed E-state index contributed by atoms with van der Waals surface area (Å²) in [6.45, 7) is 7.90. The molecule has 1 fully saturated rings. The Morgan fingerprint density at radius 3 is 2.11 bits per heavy atom. The molecule has 2 aromatic rings. The highest BCUT2D eigenvalue weighted by Crippen LogP contribution is 2.27. The van der Waals surface area contributed by atoms with Crippen LogP contribution in [0.25, 0.3) is 0 Å². The molecule has 0 aromatic heterocycles. The van der Waals surface area contributed by atoms with Crippen molar-refractivity contribution in [3.8, 4) is 11.5 Å². The van der Waals surface area contributed by atoms with Crippen LogP contribution < -0.4 is 5.32 Å². The van der Waals surface area contributed by atoms with Gasteiger partial charge in [0.25, 0.3) is 0 Å². The quantitative estimate of drug-likeness (QED) is 0.455. The lowest BCUT2D eigenvalue weighted by atomic mass is 9.96. The number of aldehydes is 2. The molecule has 206 valence electrons. The van der Waals surface area contributed by atoms with Gasteiger partial charge in [-0.3, -0.25) is 14.4 Å². The molecule has 3 aliphatic heterocycles. The van der Waals surface area contributed by atoms with E-state index in [2.05, 4.69) is 22.2 Å². The lowest BCUT2D eigenvalue weighted by Crippen LogP contribution is -2.46. The van der Waals surface area contributed by atoms with E-state index in [4.69, 9.17) is 0 Å². The molecule has 1 amide bonds. The molecule has 0 atom stereocenters. The number of hydrogen-bond acceptors (Lipinski definition) is 8. The zero-order valence-electron chi connectivity index (χ0n) is 21.8. The van der Waals surface area contributed by atoms with Crippen LogP contribution in [0.1, 0.15) is 49.4 Å². The fourth-order valence-electron chi connectivity index (χ4n) is 5.04. The monoisotopic (exact) mass is 588 g/mol. The summed E-state index contributed by atoms with van der Waals surface area (Å²) in [5.74, 6) is 0.287. The van der Waals surface area contributed by atoms with Gasteiger partial charge in [0, 0.05) is 58.8 Å². The van der Waals surface area contributed by atoms with E-state index in [1.54, 1.807) is 24.3 Å². The Morgan fingerprint density at radius 1 is 0.868 bits per heavy atom. The first-order chi connectivity index (χ1) is 17.9. The average Bonchev–Trinajstić information content (AvgIpc) is 2.92. The Hall–Kier alpha value is -2.79. The molecule has 0 saturated carbocycles. The standard InChI is InChI=1S/C18H25N3O3.C10H11NO2.BrH/c1-19-6-8-20(9-7-19)4-3-18(24)21-5-2-14-11-17(23)16(13-22)10-15(14)12-21;12-6-9-3-8-5-11-2-1-7(8)4-10(9)13;/h10-11,13,23H,2-9,12H2,1H3;3-4,6,11,13H,1-2,5H2;1H. The maximum atomic E-state index is 12.5. The number of amides is 1. The molecule has 0 aliphatic carbocycles. The van der Waals surface area contributed by atoms with E-state index in [-0.39, 0.29) is 34.4 Å². The van der Waals surface area contributed by atoms with Gasteiger partial charge in [0.1, 0.15) is 11.5 Å². The first kappa shape index (κ1) is 29.8. The first-order valence-electron chi connectivity index (χ1n) is 12.9. The molecular weight excluding hydrogens is 552 g/mol. The molecule has 5 rings (SSSR count). The van der Waals surface area contributed by atoms with Crippen LogP contribution in [-0.2, 0) is 30.7 Å². The second-order valence-electron chi connectivity index (χ2n) is 9.98. The molecule has 0 bridgehead atoms. The highest BCUT2D eigenvalue weighted by atomic mass is 79.9. The number of piperazine rings is 1. The molecule has 38 heavy (non-hydrogen) atoms. The second-order valence-corrected chi connectivity index (χ2v) is 9.98. The van der Waals surface area contributed by atoms with Crippen molar-refractivity contribution in [3.63, 3.8) is 0 Å². The molecule has 3 heterocycles. The molecule has 1 saturated heterocycles. The highest BCUT2D eigenvalue weighted by Gasteiger charge is 2.23. The SMILES string of the molecule is Br.CN1CCN(CCC(=O)N2CCc3cc(O)c(C=O)cc3C2)CC1.O=Cc1cc2c(cc1O)CCNC2. The van der Waals surface area contributed by atoms with E-state index in [1.165, 1.54) is 0 Å². The van der Waals surface area contributed by atoms with Gasteiger partial charge in [-0.25, -0.2) is 0 Å². The maximum Gasteiger partial charge on any atom is 0.224 e. The van der Waals surface area contributed by atoms with Crippen LogP contribution in [0.3, 0.4) is 0 Å². The number of carbonyl (C=O) groups is 3. The molecular formula is C28H37BrN4O5. The minimum Gasteiger partial charge on any atom is -0.507 e. The Bertz CT molecular complexity index is 1150. The van der Waals surface area contributed by atoms with Gasteiger partial charge in [-0.2, -0.15) is 0 Å². The predicted octanol–water partition coefficient (Wildman–Crippen LogP) is 2.16. The lowest BCUT2D eigenvalue weighted by molar-refractivity contribution is -0.132. The van der Waals surface area contributed by atoms with E-state index in [9.17, 15) is 24.6 Å². The van der Waals surface area contributed by atoms with Gasteiger partial charge in [0.15, 0.2) is 12.6 Å². The van der Waals surface area contributed by atoms with Crippen molar-refractivity contribution in [2.45, 2.75) is 32.4 Å². The van der Waals surface area contributed by atoms with Gasteiger partial charge >= 0.3 is 0 Å². The van der Waals surface area contributed by atoms with Gasteiger partial charge in [-0.1, -0.05) is 0 Å². The third-order valence-corrected chi connectivity index (χ3v) is 7.44. The number of nitrogens with zero attached hydrogens (tertiary/aromatic N) is 3. The average molecular weight is 590 g/mol. The first-order valence-corrected chi connectivity index (χ1v) is 12.9. The van der Waals surface area contributed by atoms with Crippen molar-refractivity contribution in [2.24, 2.45) is 0 Å². The Balaban J connectivity index is 0.000000242. The molecule has 9 nitrogen and oxygen atoms in total. The van der Waals surface area contributed by atoms with Crippen molar-refractivity contribution in [1.29, 1.82) is 0 Å². The van der Waals surface area contributed by atoms with Gasteiger partial charge in [0.05, 0.1) is 11.1 Å². The molecule has 0 spiro atoms. The number of likely N-dealkylation sites (N-methyl/N-ethyl adjacent to an activating group) is 1. The molecule has 0 radical (unpaired) electrons. The Labute approximate surface area is 234 Å². The summed E-state index contributed by atoms with van der Waals surface area (Å²) in [5, 5.41) is 22.4. The molecule has 3 aliphatic rings. The summed E-state index contributed by atoms with van der Waals surface area (Å²) in [5.41, 5.74) is 4.92. The molecule has 0 unspecified atom stereocenters. The number of aromatic hydroxyl groups is 2. The number of phenolic OH excluding ortho intramolecular Hbond substituents is 2. The van der Waals surface area contributed by atoms with Crippen LogP contribution in [0, 0.1) is 0 Å². The fraction of sp³-hybridized carbons (Fsp3) is 0.464. The predicted molar refractivity (Wildman–Crippen MR) is 150 cm³/mol. The van der Waals surface area contributed by atoms with E-state index < -0.39 is 0 Å². The van der Waals surface area contributed by atoms with Crippen molar-refractivity contribution in [3.05, 3.63) is 57.6 Å². The second kappa shape index (κ2) is 13.8. The topological polar surface area (TPSA) is 113 Å². The van der Waals surface area contributed by atoms with Gasteiger partial charge in [0.2, 0.25) is 5.91 Å². The number of fused-ring (bicyclic) bond motifs is 2. The van der Waals surface area contributed by atoms with Gasteiger partial charge in [-0.15, -0.1) is 17.0 Å². The van der Waals surface area contributed by atoms with Crippen LogP contribution >= 0.6 is 17.0 Å². The number of benzene rings is 2. The largest absolute Gasteiger partial charge is 0.507 e. The smallest absolute Gasteiger partial charge is 0.224 e. The molecule has 3 N–H and O–H groups in total. The summed E-state index contributed by atoms with van der Waals surface area (Å²) in [6.07, 6.45) is 3.52. The van der Waals surface area contributed by atoms with Crippen LogP contribution in [0.15, 0.2) is 24.3 Å². The van der Waals surface area contributed by atoms with Crippen molar-refractivity contribution in [1.82, 2.24) is 20.0 Å². The zero-order chi connectivity index (χ0) is 26.4. The van der Waals surface area contributed by atoms with Crippen molar-refractivity contribution >= 4 is 35.5 Å². The van der Waals surface area contributed by atoms with E-state index in [0.717, 1.165) is 80.9 Å². The minimum absolute atomic E-state index is 0. The maximum absolute atomic E-state index is 12.5. The number of rotatable bonds is 5. The highest BCUT2D eigenvalue weighted by molar-refractivity contribution is 8.93. The van der Waals surface area contributed by atoms with Crippen LogP contribution in [0.2, 0.25) is 0 Å². The van der Waals surface area contributed by atoms with Crippen LogP contribution in [-0.4, -0.2) is 96.3 Å². The summed E-state index contributed by atoms with van der Waals surface area (Å²) < 4.78 is 0. The van der Waals surface area contributed by atoms with E-state index in [1.807, 2.05) is 4.90 Å². The van der Waals surface area contributed by atoms with Crippen molar-refractivity contribution in [2.75, 3.05) is 52.9 Å². The van der Waals surface area contributed by atoms with Gasteiger partial charge < -0.3 is 30.2 Å². The number of carbonyl (C=O) groups excluding carboxylic acids is 3. The van der Waals surface area contributed by atoms with Crippen LogP contribution in [0.5, 0.6) is 11.5 Å². The number of phenols is 2. The normalized spacial score (nSPS) is 17.2. The number of halogens is 1. The van der Waals surface area contributed by atoms with E-state index in [0.29, 0.717) is 43.2 Å². The third kappa shape index (κ3) is 7.41. The minimum atomic E-state index is 0. The number of nitrogens with one attached hydrogen (secondary N) is 1. The molecule has 10 heteroatoms. The zero-order valence-corrected chi connectivity index (χ0v) is 23.5. The number of hydrogen-bond donors (Lipinski definition) is 3. The van der Waals surface area contributed by atoms with Crippen molar-refractivity contribution < 1.29 is 24.6 Å². The summed E-state index contributed by atoms with van der Waals surface area (Å²) in [7, 11) is 2.12. The van der Waals surface area contributed by atoms with Crippen LogP contribution in [0.4, 0.5) is 0 Å². The lowest BCUT2D eigenvalue weighted by Gasteiger charge is -2.33. The summed E-state index contributed by atoms with van der Waals surface area (Å²) in [4.78, 5) is 40.5. The molecule has 2 aromatic carbocycles.